The predicted molar refractivity (Wildman–Crippen MR) is 111 cm³/mol. The maximum Gasteiger partial charge on any atom is 0.319 e. The molecule has 0 aliphatic carbocycles. The Morgan fingerprint density at radius 3 is 2.65 bits per heavy atom. The van der Waals surface area contributed by atoms with Crippen molar-refractivity contribution in [2.45, 2.75) is 26.8 Å². The van der Waals surface area contributed by atoms with Crippen LogP contribution in [0.1, 0.15) is 20.8 Å². The van der Waals surface area contributed by atoms with Crippen LogP contribution < -0.4 is 20.7 Å². The number of amides is 2. The van der Waals surface area contributed by atoms with Crippen molar-refractivity contribution >= 4 is 48.1 Å². The molecule has 2 aromatic rings. The van der Waals surface area contributed by atoms with Gasteiger partial charge in [-0.2, -0.15) is 0 Å². The van der Waals surface area contributed by atoms with Gasteiger partial charge in [0.25, 0.3) is 0 Å². The average molecular weight is 414 g/mol. The van der Waals surface area contributed by atoms with Crippen LogP contribution in [0.2, 0.25) is 10.0 Å². The first-order chi connectivity index (χ1) is 12.3. The van der Waals surface area contributed by atoms with Crippen LogP contribution in [0, 0.1) is 0 Å². The molecule has 2 amide bonds. The number of aromatic nitrogens is 1. The Bertz CT molecular complexity index is 787. The van der Waals surface area contributed by atoms with E-state index in [1.54, 1.807) is 12.1 Å². The van der Waals surface area contributed by atoms with Crippen molar-refractivity contribution in [3.05, 3.63) is 40.5 Å². The molecule has 1 unspecified atom stereocenters. The number of hydrogen-bond acceptors (Lipinski definition) is 3. The van der Waals surface area contributed by atoms with Crippen molar-refractivity contribution in [1.29, 1.82) is 0 Å². The lowest BCUT2D eigenvalue weighted by Gasteiger charge is -2.18. The van der Waals surface area contributed by atoms with E-state index in [-0.39, 0.29) is 18.0 Å². The van der Waals surface area contributed by atoms with Crippen molar-refractivity contribution in [1.82, 2.24) is 10.3 Å². The number of carbonyl (C=O) groups excluding carboxylic acids is 1. The van der Waals surface area contributed by atoms with Gasteiger partial charge in [-0.25, -0.2) is 9.78 Å². The maximum absolute atomic E-state index is 12.1. The monoisotopic (exact) mass is 413 g/mol. The molecular weight excluding hydrogens is 392 g/mol. The number of rotatable bonds is 6. The number of urea groups is 1. The molecule has 5 nitrogen and oxygen atoms in total. The molecule has 2 N–H and O–H groups in total. The van der Waals surface area contributed by atoms with Gasteiger partial charge in [-0.3, -0.25) is 0 Å². The van der Waals surface area contributed by atoms with E-state index in [0.29, 0.717) is 15.8 Å². The molecule has 1 aromatic carbocycles. The number of benzene rings is 1. The Labute approximate surface area is 165 Å². The second-order valence-electron chi connectivity index (χ2n) is 5.99. The van der Waals surface area contributed by atoms with Crippen LogP contribution in [0.3, 0.4) is 0 Å². The number of carbonyl (C=O) groups is 1. The molecule has 0 radical (unpaired) electrons. The molecule has 0 fully saturated rings. The lowest BCUT2D eigenvalue weighted by molar-refractivity contribution is 0.250. The number of halogens is 2. The zero-order chi connectivity index (χ0) is 19.3. The minimum absolute atomic E-state index is 0.0634. The first kappa shape index (κ1) is 20.8. The Balaban J connectivity index is 2.28. The summed E-state index contributed by atoms with van der Waals surface area (Å²) in [6.45, 7) is 8.11. The van der Waals surface area contributed by atoms with Crippen molar-refractivity contribution in [2.24, 2.45) is 0 Å². The highest BCUT2D eigenvalue weighted by Gasteiger charge is 2.14. The molecule has 0 saturated heterocycles. The molecule has 26 heavy (non-hydrogen) atoms. The number of pyridine rings is 1. The third-order valence-corrected chi connectivity index (χ3v) is 6.13. The van der Waals surface area contributed by atoms with Gasteiger partial charge in [0.2, 0.25) is 5.88 Å². The summed E-state index contributed by atoms with van der Waals surface area (Å²) in [6, 6.07) is 6.96. The third kappa shape index (κ3) is 5.73. The Morgan fingerprint density at radius 1 is 1.31 bits per heavy atom. The van der Waals surface area contributed by atoms with E-state index >= 15 is 0 Å². The molecule has 140 valence electrons. The fourth-order valence-electron chi connectivity index (χ4n) is 2.18. The number of hydrogen-bond donors (Lipinski definition) is 2. The van der Waals surface area contributed by atoms with E-state index in [1.165, 1.54) is 6.20 Å². The molecule has 0 saturated carbocycles. The van der Waals surface area contributed by atoms with Crippen LogP contribution in [0.25, 0.3) is 0 Å². The topological polar surface area (TPSA) is 63.2 Å². The first-order valence-corrected chi connectivity index (χ1v) is 10.9. The van der Waals surface area contributed by atoms with Crippen LogP contribution in [-0.2, 0) is 0 Å². The average Bonchev–Trinajstić information content (AvgIpc) is 2.57. The van der Waals surface area contributed by atoms with Gasteiger partial charge in [-0.1, -0.05) is 38.0 Å². The van der Waals surface area contributed by atoms with Gasteiger partial charge < -0.3 is 15.4 Å². The predicted octanol–water partition coefficient (Wildman–Crippen LogP) is 5.47. The third-order valence-electron chi connectivity index (χ3n) is 3.51. The van der Waals surface area contributed by atoms with Gasteiger partial charge in [0.05, 0.1) is 10.7 Å². The quantitative estimate of drug-likeness (QED) is 0.617. The highest BCUT2D eigenvalue weighted by Crippen LogP contribution is 2.36. The van der Waals surface area contributed by atoms with Gasteiger partial charge in [0, 0.05) is 17.5 Å². The molecule has 0 aliphatic rings. The van der Waals surface area contributed by atoms with E-state index in [0.717, 1.165) is 17.2 Å². The fourth-order valence-corrected chi connectivity index (χ4v) is 3.82. The summed E-state index contributed by atoms with van der Waals surface area (Å²) in [5.74, 6) is 0.895. The van der Waals surface area contributed by atoms with Crippen molar-refractivity contribution in [2.75, 3.05) is 18.1 Å². The van der Waals surface area contributed by atoms with Gasteiger partial charge >= 0.3 is 6.03 Å². The van der Waals surface area contributed by atoms with Gasteiger partial charge in [0.15, 0.2) is 0 Å². The van der Waals surface area contributed by atoms with Gasteiger partial charge in [0.1, 0.15) is 10.8 Å². The minimum Gasteiger partial charge on any atom is -0.438 e. The Morgan fingerprint density at radius 2 is 2.04 bits per heavy atom. The Kier molecular flexibility index (Phi) is 7.51. The van der Waals surface area contributed by atoms with Crippen LogP contribution >= 0.6 is 31.1 Å². The summed E-state index contributed by atoms with van der Waals surface area (Å²) < 4.78 is 5.80. The van der Waals surface area contributed by atoms with Crippen molar-refractivity contribution < 1.29 is 9.53 Å². The number of anilines is 1. The largest absolute Gasteiger partial charge is 0.438 e. The summed E-state index contributed by atoms with van der Waals surface area (Å²) >= 11 is 12.0. The minimum atomic E-state index is -0.446. The van der Waals surface area contributed by atoms with Crippen molar-refractivity contribution in [3.63, 3.8) is 0 Å². The standard InChI is InChI=1S/C18H22Cl2N3O2P/c1-5-26(4)16-9-13(25-17-14(20)8-12(19)10-21-17)6-7-15(16)23-18(24)22-11(2)3/h6-11H,5H2,1-4H3,(H2,22,23,24). The first-order valence-electron chi connectivity index (χ1n) is 8.21. The number of ether oxygens (including phenoxy) is 1. The summed E-state index contributed by atoms with van der Waals surface area (Å²) in [6.07, 6.45) is 2.47. The van der Waals surface area contributed by atoms with Gasteiger partial charge in [-0.05, 0) is 50.9 Å². The van der Waals surface area contributed by atoms with E-state index in [1.807, 2.05) is 26.0 Å². The van der Waals surface area contributed by atoms with Crippen LogP contribution in [0.15, 0.2) is 30.5 Å². The molecule has 0 spiro atoms. The molecule has 0 aliphatic heterocycles. The van der Waals surface area contributed by atoms with Crippen molar-refractivity contribution in [3.8, 4) is 11.6 Å². The van der Waals surface area contributed by atoms with E-state index in [4.69, 9.17) is 27.9 Å². The molecule has 8 heteroatoms. The second kappa shape index (κ2) is 9.40. The number of nitrogens with zero attached hydrogens (tertiary/aromatic N) is 1. The molecular formula is C18H22Cl2N3O2P. The lowest BCUT2D eigenvalue weighted by atomic mass is 10.3. The molecule has 1 atom stereocenters. The summed E-state index contributed by atoms with van der Waals surface area (Å²) in [4.78, 5) is 16.2. The van der Waals surface area contributed by atoms with E-state index in [2.05, 4.69) is 29.2 Å². The Hall–Kier alpha value is -1.55. The van der Waals surface area contributed by atoms with E-state index in [9.17, 15) is 4.79 Å². The summed E-state index contributed by atoms with van der Waals surface area (Å²) in [7, 11) is -0.446. The smallest absolute Gasteiger partial charge is 0.319 e. The van der Waals surface area contributed by atoms with Crippen LogP contribution in [-0.4, -0.2) is 29.9 Å². The molecule has 0 bridgehead atoms. The maximum atomic E-state index is 12.1. The zero-order valence-corrected chi connectivity index (χ0v) is 17.5. The SMILES string of the molecule is CCP(C)c1cc(Oc2ncc(Cl)cc2Cl)ccc1NC(=O)NC(C)C. The van der Waals surface area contributed by atoms with Crippen LogP contribution in [0.4, 0.5) is 10.5 Å². The summed E-state index contributed by atoms with van der Waals surface area (Å²) in [5, 5.41) is 7.58. The highest BCUT2D eigenvalue weighted by molar-refractivity contribution is 7.65. The normalized spacial score (nSPS) is 12.0. The van der Waals surface area contributed by atoms with Gasteiger partial charge in [-0.15, -0.1) is 0 Å². The van der Waals surface area contributed by atoms with E-state index < -0.39 is 7.92 Å². The molecule has 1 heterocycles. The fraction of sp³-hybridized carbons (Fsp3) is 0.333. The highest BCUT2D eigenvalue weighted by atomic mass is 35.5. The summed E-state index contributed by atoms with van der Waals surface area (Å²) in [5.41, 5.74) is 0.779. The molecule has 2 rings (SSSR count). The zero-order valence-electron chi connectivity index (χ0n) is 15.1. The van der Waals surface area contributed by atoms with Crippen LogP contribution in [0.5, 0.6) is 11.6 Å². The second-order valence-corrected chi connectivity index (χ2v) is 9.34. The lowest BCUT2D eigenvalue weighted by Crippen LogP contribution is -2.35. The molecule has 1 aromatic heterocycles. The number of nitrogens with one attached hydrogen (secondary N) is 2.